The van der Waals surface area contributed by atoms with E-state index in [4.69, 9.17) is 9.47 Å². The third-order valence-corrected chi connectivity index (χ3v) is 3.58. The summed E-state index contributed by atoms with van der Waals surface area (Å²) in [5, 5.41) is 10.2. The monoisotopic (exact) mass is 321 g/mol. The highest BCUT2D eigenvalue weighted by Crippen LogP contribution is 2.15. The lowest BCUT2D eigenvalue weighted by Crippen LogP contribution is -2.35. The van der Waals surface area contributed by atoms with Gasteiger partial charge in [0.1, 0.15) is 5.75 Å². The van der Waals surface area contributed by atoms with Crippen LogP contribution in [0.4, 0.5) is 0 Å². The Labute approximate surface area is 140 Å². The van der Waals surface area contributed by atoms with Gasteiger partial charge in [-0.3, -0.25) is 4.90 Å². The molecule has 0 aromatic heterocycles. The quantitative estimate of drug-likeness (QED) is 0.474. The fourth-order valence-electron chi connectivity index (χ4n) is 2.34. The standard InChI is InChI=1S/C19H31NO3/c1-5-11-23-15-18(21)14-20(10-9-16(2)3)13-17-7-6-8-19(12-17)22-4/h5-8,12,16,18,21H,1,9-11,13-15H2,2-4H3. The highest BCUT2D eigenvalue weighted by Gasteiger charge is 2.13. The molecule has 0 aliphatic rings. The summed E-state index contributed by atoms with van der Waals surface area (Å²) in [6, 6.07) is 8.08. The van der Waals surface area contributed by atoms with Crippen molar-refractivity contribution in [1.82, 2.24) is 4.90 Å². The molecule has 23 heavy (non-hydrogen) atoms. The van der Waals surface area contributed by atoms with Crippen LogP contribution in [0.25, 0.3) is 0 Å². The van der Waals surface area contributed by atoms with Gasteiger partial charge in [-0.15, -0.1) is 6.58 Å². The number of rotatable bonds is 12. The van der Waals surface area contributed by atoms with E-state index < -0.39 is 6.10 Å². The first-order chi connectivity index (χ1) is 11.0. The second kappa shape index (κ2) is 11.2. The number of hydrogen-bond acceptors (Lipinski definition) is 4. The maximum atomic E-state index is 10.2. The molecule has 0 aliphatic heterocycles. The van der Waals surface area contributed by atoms with Gasteiger partial charge < -0.3 is 14.6 Å². The fourth-order valence-corrected chi connectivity index (χ4v) is 2.34. The summed E-state index contributed by atoms with van der Waals surface area (Å²) in [4.78, 5) is 2.27. The molecule has 1 unspecified atom stereocenters. The highest BCUT2D eigenvalue weighted by molar-refractivity contribution is 5.28. The van der Waals surface area contributed by atoms with Gasteiger partial charge in [0.15, 0.2) is 0 Å². The zero-order valence-corrected chi connectivity index (χ0v) is 14.7. The SMILES string of the molecule is C=CCOCC(O)CN(CCC(C)C)Cc1cccc(OC)c1. The highest BCUT2D eigenvalue weighted by atomic mass is 16.5. The molecule has 1 rings (SSSR count). The zero-order chi connectivity index (χ0) is 17.1. The second-order valence-electron chi connectivity index (χ2n) is 6.25. The lowest BCUT2D eigenvalue weighted by molar-refractivity contribution is 0.0237. The number of aliphatic hydroxyl groups excluding tert-OH is 1. The van der Waals surface area contributed by atoms with Crippen molar-refractivity contribution in [2.45, 2.75) is 32.9 Å². The molecule has 1 aromatic rings. The Morgan fingerprint density at radius 3 is 2.78 bits per heavy atom. The van der Waals surface area contributed by atoms with Gasteiger partial charge in [-0.2, -0.15) is 0 Å². The molecule has 0 fully saturated rings. The van der Waals surface area contributed by atoms with Crippen molar-refractivity contribution >= 4 is 0 Å². The Hall–Kier alpha value is -1.36. The molecule has 4 heteroatoms. The Bertz CT molecular complexity index is 448. The molecule has 0 amide bonds. The molecule has 1 atom stereocenters. The van der Waals surface area contributed by atoms with E-state index in [1.165, 1.54) is 5.56 Å². The minimum atomic E-state index is -0.493. The van der Waals surface area contributed by atoms with E-state index in [0.717, 1.165) is 25.3 Å². The summed E-state index contributed by atoms with van der Waals surface area (Å²) in [6.45, 7) is 11.2. The third-order valence-electron chi connectivity index (χ3n) is 3.58. The largest absolute Gasteiger partial charge is 0.497 e. The molecule has 0 heterocycles. The van der Waals surface area contributed by atoms with E-state index in [9.17, 15) is 5.11 Å². The summed E-state index contributed by atoms with van der Waals surface area (Å²) in [5.74, 6) is 1.50. The van der Waals surface area contributed by atoms with Gasteiger partial charge >= 0.3 is 0 Å². The van der Waals surface area contributed by atoms with Gasteiger partial charge in [0.2, 0.25) is 0 Å². The first kappa shape index (κ1) is 19.7. The van der Waals surface area contributed by atoms with Crippen LogP contribution in [0.15, 0.2) is 36.9 Å². The molecule has 0 saturated carbocycles. The molecule has 130 valence electrons. The van der Waals surface area contributed by atoms with E-state index in [1.54, 1.807) is 13.2 Å². The molecule has 0 radical (unpaired) electrons. The number of aliphatic hydroxyl groups is 1. The zero-order valence-electron chi connectivity index (χ0n) is 14.7. The van der Waals surface area contributed by atoms with Crippen LogP contribution in [-0.2, 0) is 11.3 Å². The van der Waals surface area contributed by atoms with Gasteiger partial charge in [-0.1, -0.05) is 32.1 Å². The van der Waals surface area contributed by atoms with Gasteiger partial charge in [0.25, 0.3) is 0 Å². The summed E-state index contributed by atoms with van der Waals surface area (Å²) in [7, 11) is 1.68. The summed E-state index contributed by atoms with van der Waals surface area (Å²) in [6.07, 6.45) is 2.30. The first-order valence-electron chi connectivity index (χ1n) is 8.27. The predicted octanol–water partition coefficient (Wildman–Crippen LogP) is 3.11. The van der Waals surface area contributed by atoms with E-state index in [1.807, 2.05) is 18.2 Å². The Balaban J connectivity index is 2.61. The van der Waals surface area contributed by atoms with E-state index in [0.29, 0.717) is 25.7 Å². The number of ether oxygens (including phenoxy) is 2. The Morgan fingerprint density at radius 1 is 1.35 bits per heavy atom. The van der Waals surface area contributed by atoms with Gasteiger partial charge in [0.05, 0.1) is 26.4 Å². The molecule has 0 aliphatic carbocycles. The lowest BCUT2D eigenvalue weighted by atomic mass is 10.1. The second-order valence-corrected chi connectivity index (χ2v) is 6.25. The lowest BCUT2D eigenvalue weighted by Gasteiger charge is -2.26. The van der Waals surface area contributed by atoms with Gasteiger partial charge in [0, 0.05) is 13.1 Å². The maximum Gasteiger partial charge on any atom is 0.119 e. The number of methoxy groups -OCH3 is 1. The number of benzene rings is 1. The van der Waals surface area contributed by atoms with Crippen molar-refractivity contribution in [3.8, 4) is 5.75 Å². The fraction of sp³-hybridized carbons (Fsp3) is 0.579. The molecule has 1 aromatic carbocycles. The third kappa shape index (κ3) is 8.74. The van der Waals surface area contributed by atoms with Crippen LogP contribution in [0.2, 0.25) is 0 Å². The summed E-state index contributed by atoms with van der Waals surface area (Å²) >= 11 is 0. The summed E-state index contributed by atoms with van der Waals surface area (Å²) < 4.78 is 10.6. The molecular weight excluding hydrogens is 290 g/mol. The van der Waals surface area contributed by atoms with Gasteiger partial charge in [-0.05, 0) is 36.6 Å². The van der Waals surface area contributed by atoms with E-state index in [2.05, 4.69) is 31.4 Å². The van der Waals surface area contributed by atoms with Crippen LogP contribution in [0, 0.1) is 5.92 Å². The normalized spacial score (nSPS) is 12.6. The van der Waals surface area contributed by atoms with Crippen molar-refractivity contribution in [2.24, 2.45) is 5.92 Å². The van der Waals surface area contributed by atoms with E-state index >= 15 is 0 Å². The molecule has 4 nitrogen and oxygen atoms in total. The Kier molecular flexibility index (Phi) is 9.60. The smallest absolute Gasteiger partial charge is 0.119 e. The molecule has 0 saturated heterocycles. The molecule has 0 spiro atoms. The van der Waals surface area contributed by atoms with Crippen molar-refractivity contribution in [3.63, 3.8) is 0 Å². The van der Waals surface area contributed by atoms with Crippen LogP contribution in [0.3, 0.4) is 0 Å². The van der Waals surface area contributed by atoms with Crippen molar-refractivity contribution < 1.29 is 14.6 Å². The van der Waals surface area contributed by atoms with Crippen molar-refractivity contribution in [1.29, 1.82) is 0 Å². The predicted molar refractivity (Wildman–Crippen MR) is 94.7 cm³/mol. The molecular formula is C19H31NO3. The topological polar surface area (TPSA) is 41.9 Å². The molecule has 1 N–H and O–H groups in total. The van der Waals surface area contributed by atoms with Crippen LogP contribution in [-0.4, -0.2) is 49.5 Å². The van der Waals surface area contributed by atoms with Crippen molar-refractivity contribution in [3.05, 3.63) is 42.5 Å². The number of hydrogen-bond donors (Lipinski definition) is 1. The van der Waals surface area contributed by atoms with Crippen LogP contribution >= 0.6 is 0 Å². The van der Waals surface area contributed by atoms with Crippen LogP contribution in [0.5, 0.6) is 5.75 Å². The summed E-state index contributed by atoms with van der Waals surface area (Å²) in [5.41, 5.74) is 1.19. The van der Waals surface area contributed by atoms with Crippen LogP contribution in [0.1, 0.15) is 25.8 Å². The Morgan fingerprint density at radius 2 is 2.13 bits per heavy atom. The van der Waals surface area contributed by atoms with E-state index in [-0.39, 0.29) is 0 Å². The van der Waals surface area contributed by atoms with Crippen molar-refractivity contribution in [2.75, 3.05) is 33.4 Å². The average molecular weight is 321 g/mol. The average Bonchev–Trinajstić information content (AvgIpc) is 2.53. The maximum absolute atomic E-state index is 10.2. The number of nitrogens with zero attached hydrogens (tertiary/aromatic N) is 1. The van der Waals surface area contributed by atoms with Crippen LogP contribution < -0.4 is 4.74 Å². The minimum absolute atomic E-state index is 0.336. The molecule has 0 bridgehead atoms. The first-order valence-corrected chi connectivity index (χ1v) is 8.27. The van der Waals surface area contributed by atoms with Gasteiger partial charge in [-0.25, -0.2) is 0 Å². The minimum Gasteiger partial charge on any atom is -0.497 e.